The van der Waals surface area contributed by atoms with E-state index in [0.717, 1.165) is 24.8 Å². The summed E-state index contributed by atoms with van der Waals surface area (Å²) in [6, 6.07) is 10.1. The Hall–Kier alpha value is -2.06. The van der Waals surface area contributed by atoms with Crippen molar-refractivity contribution in [2.24, 2.45) is 23.2 Å². The summed E-state index contributed by atoms with van der Waals surface area (Å²) < 4.78 is 13.2. The minimum absolute atomic E-state index is 0.0424. The fourth-order valence-corrected chi connectivity index (χ4v) is 7.09. The van der Waals surface area contributed by atoms with Gasteiger partial charge in [-0.2, -0.15) is 0 Å². The number of nitrogens with zero attached hydrogens (tertiary/aromatic N) is 1. The van der Waals surface area contributed by atoms with Gasteiger partial charge in [-0.3, -0.25) is 4.79 Å². The monoisotopic (exact) mass is 468 g/mol. The van der Waals surface area contributed by atoms with E-state index in [-0.39, 0.29) is 34.9 Å². The number of benzene rings is 1. The average molecular weight is 468 g/mol. The van der Waals surface area contributed by atoms with Crippen LogP contribution in [0.2, 0.25) is 0 Å². The Kier molecular flexibility index (Phi) is 6.17. The second-order valence-corrected chi connectivity index (χ2v) is 11.6. The number of amides is 2. The largest absolute Gasteiger partial charge is 0.482 e. The highest BCUT2D eigenvalue weighted by molar-refractivity contribution is 6.48. The molecule has 2 saturated heterocycles. The highest BCUT2D eigenvalue weighted by Gasteiger charge is 2.68. The second kappa shape index (κ2) is 8.87. The third-order valence-electron chi connectivity index (χ3n) is 9.21. The Morgan fingerprint density at radius 2 is 2.00 bits per heavy atom. The molecule has 2 heterocycles. The van der Waals surface area contributed by atoms with Gasteiger partial charge in [0.05, 0.1) is 17.6 Å². The van der Waals surface area contributed by atoms with Crippen molar-refractivity contribution in [1.29, 1.82) is 0 Å². The summed E-state index contributed by atoms with van der Waals surface area (Å²) in [5.74, 6) is 0.822. The standard InChI is InChI=1S/C26H37BN2O5/c1-25(2)19-14-20(25)26(3)21(15-19)33-27(34-26)22(12-17-8-5-4-6-9-17)28-23(30)13-18-10-7-11-29(16-18)24(31)32/h4-6,8-9,18-22H,7,10-16H2,1-3H3,(H,28,30)(H,31,32)/t18-,19+,20+,21-,22?,26+/m1/s1. The molecule has 6 atom stereocenters. The molecule has 8 heteroatoms. The van der Waals surface area contributed by atoms with Gasteiger partial charge < -0.3 is 24.6 Å². The van der Waals surface area contributed by atoms with E-state index in [4.69, 9.17) is 9.31 Å². The Morgan fingerprint density at radius 1 is 1.24 bits per heavy atom. The van der Waals surface area contributed by atoms with Gasteiger partial charge in [-0.25, -0.2) is 4.79 Å². The van der Waals surface area contributed by atoms with Gasteiger partial charge in [0.25, 0.3) is 0 Å². The quantitative estimate of drug-likeness (QED) is 0.621. The van der Waals surface area contributed by atoms with Crippen LogP contribution in [0.3, 0.4) is 0 Å². The lowest BCUT2D eigenvalue weighted by molar-refractivity contribution is -0.199. The molecule has 1 aromatic rings. The Bertz CT molecular complexity index is 927. The first kappa shape index (κ1) is 23.7. The summed E-state index contributed by atoms with van der Waals surface area (Å²) in [6.45, 7) is 7.85. The molecule has 184 valence electrons. The molecule has 1 unspecified atom stereocenters. The van der Waals surface area contributed by atoms with Crippen molar-refractivity contribution in [3.8, 4) is 0 Å². The first-order chi connectivity index (χ1) is 16.2. The molecule has 6 rings (SSSR count). The van der Waals surface area contributed by atoms with Crippen LogP contribution < -0.4 is 5.32 Å². The van der Waals surface area contributed by atoms with Crippen LogP contribution in [0.4, 0.5) is 4.79 Å². The third kappa shape index (κ3) is 4.24. The zero-order valence-corrected chi connectivity index (χ0v) is 20.5. The number of nitrogens with one attached hydrogen (secondary N) is 1. The van der Waals surface area contributed by atoms with Crippen molar-refractivity contribution >= 4 is 19.1 Å². The van der Waals surface area contributed by atoms with Crippen LogP contribution in [-0.2, 0) is 20.5 Å². The molecule has 5 fully saturated rings. The van der Waals surface area contributed by atoms with E-state index in [2.05, 4.69) is 38.2 Å². The number of rotatable bonds is 6. The van der Waals surface area contributed by atoms with Gasteiger partial charge in [-0.05, 0) is 67.8 Å². The molecule has 7 nitrogen and oxygen atoms in total. The van der Waals surface area contributed by atoms with Crippen LogP contribution in [-0.4, -0.2) is 59.9 Å². The van der Waals surface area contributed by atoms with Crippen LogP contribution in [0.15, 0.2) is 30.3 Å². The number of hydrogen-bond donors (Lipinski definition) is 2. The molecule has 0 aromatic heterocycles. The van der Waals surface area contributed by atoms with Crippen molar-refractivity contribution in [1.82, 2.24) is 10.2 Å². The van der Waals surface area contributed by atoms with Gasteiger partial charge in [0.1, 0.15) is 0 Å². The van der Waals surface area contributed by atoms with Crippen molar-refractivity contribution < 1.29 is 24.0 Å². The zero-order chi connectivity index (χ0) is 24.1. The van der Waals surface area contributed by atoms with Gasteiger partial charge in [0, 0.05) is 19.5 Å². The summed E-state index contributed by atoms with van der Waals surface area (Å²) in [7, 11) is -0.490. The van der Waals surface area contributed by atoms with Crippen LogP contribution in [0.25, 0.3) is 0 Å². The average Bonchev–Trinajstić information content (AvgIpc) is 3.16. The van der Waals surface area contributed by atoms with Crippen molar-refractivity contribution in [2.75, 3.05) is 13.1 Å². The fourth-order valence-electron chi connectivity index (χ4n) is 7.09. The van der Waals surface area contributed by atoms with E-state index >= 15 is 0 Å². The molecule has 2 amide bonds. The minimum atomic E-state index is -0.906. The van der Waals surface area contributed by atoms with E-state index < -0.39 is 13.2 Å². The summed E-state index contributed by atoms with van der Waals surface area (Å²) in [6.07, 6.45) is 3.97. The van der Waals surface area contributed by atoms with E-state index in [1.54, 1.807) is 0 Å². The van der Waals surface area contributed by atoms with Crippen molar-refractivity contribution in [3.63, 3.8) is 0 Å². The second-order valence-electron chi connectivity index (χ2n) is 11.6. The van der Waals surface area contributed by atoms with Crippen LogP contribution >= 0.6 is 0 Å². The molecule has 0 spiro atoms. The van der Waals surface area contributed by atoms with Crippen molar-refractivity contribution in [2.45, 2.75) is 76.9 Å². The number of carboxylic acid groups (broad SMARTS) is 1. The maximum atomic E-state index is 13.1. The van der Waals surface area contributed by atoms with Gasteiger partial charge in [-0.1, -0.05) is 44.2 Å². The number of hydrogen-bond acceptors (Lipinski definition) is 4. The molecule has 1 aromatic carbocycles. The normalized spacial score (nSPS) is 34.7. The van der Waals surface area contributed by atoms with E-state index in [9.17, 15) is 14.7 Å². The molecule has 3 aliphatic carbocycles. The number of likely N-dealkylation sites (tertiary alicyclic amines) is 1. The highest BCUT2D eigenvalue weighted by atomic mass is 16.7. The molecule has 2 N–H and O–H groups in total. The first-order valence-corrected chi connectivity index (χ1v) is 12.8. The molecule has 34 heavy (non-hydrogen) atoms. The molecular formula is C26H37BN2O5. The third-order valence-corrected chi connectivity index (χ3v) is 9.21. The first-order valence-electron chi connectivity index (χ1n) is 12.8. The summed E-state index contributed by atoms with van der Waals surface area (Å²) in [5.41, 5.74) is 1.06. The summed E-state index contributed by atoms with van der Waals surface area (Å²) in [5, 5.41) is 12.5. The SMILES string of the molecule is CC1(C)[C@@H]2C[C@H]3OB(C(Cc4ccccc4)NC(=O)C[C@H]4CCCN(C(=O)O)C4)O[C@@]3(C)[C@H]1C2. The van der Waals surface area contributed by atoms with E-state index in [1.165, 1.54) is 11.3 Å². The lowest BCUT2D eigenvalue weighted by Crippen LogP contribution is -2.65. The Morgan fingerprint density at radius 3 is 2.71 bits per heavy atom. The topological polar surface area (TPSA) is 88.1 Å². The van der Waals surface area contributed by atoms with Gasteiger partial charge >= 0.3 is 13.2 Å². The van der Waals surface area contributed by atoms with Crippen LogP contribution in [0.5, 0.6) is 0 Å². The van der Waals surface area contributed by atoms with Crippen LogP contribution in [0, 0.1) is 23.2 Å². The maximum Gasteiger partial charge on any atom is 0.482 e. The predicted octanol–water partition coefficient (Wildman–Crippen LogP) is 3.76. The smallest absolute Gasteiger partial charge is 0.465 e. The zero-order valence-electron chi connectivity index (χ0n) is 20.5. The highest BCUT2D eigenvalue weighted by Crippen LogP contribution is 2.65. The lowest BCUT2D eigenvalue weighted by atomic mass is 9.43. The van der Waals surface area contributed by atoms with Crippen molar-refractivity contribution in [3.05, 3.63) is 35.9 Å². The number of carbonyl (C=O) groups is 2. The molecular weight excluding hydrogens is 431 g/mol. The minimum Gasteiger partial charge on any atom is -0.465 e. The lowest BCUT2D eigenvalue weighted by Gasteiger charge is -2.64. The van der Waals surface area contributed by atoms with E-state index in [0.29, 0.717) is 37.8 Å². The number of piperidine rings is 1. The molecule has 2 bridgehead atoms. The van der Waals surface area contributed by atoms with Gasteiger partial charge in [-0.15, -0.1) is 0 Å². The van der Waals surface area contributed by atoms with Gasteiger partial charge in [0.2, 0.25) is 5.91 Å². The fraction of sp³-hybridized carbons (Fsp3) is 0.692. The number of carbonyl (C=O) groups excluding carboxylic acids is 1. The summed E-state index contributed by atoms with van der Waals surface area (Å²) in [4.78, 5) is 25.9. The molecule has 5 aliphatic rings. The Balaban J connectivity index is 1.28. The maximum absolute atomic E-state index is 13.1. The molecule has 0 radical (unpaired) electrons. The van der Waals surface area contributed by atoms with E-state index in [1.807, 2.05) is 18.2 Å². The van der Waals surface area contributed by atoms with Crippen LogP contribution in [0.1, 0.15) is 58.4 Å². The molecule has 3 saturated carbocycles. The molecule has 2 aliphatic heterocycles. The predicted molar refractivity (Wildman–Crippen MR) is 129 cm³/mol. The Labute approximate surface area is 202 Å². The van der Waals surface area contributed by atoms with Gasteiger partial charge in [0.15, 0.2) is 0 Å². The summed E-state index contributed by atoms with van der Waals surface area (Å²) >= 11 is 0.